The molecule has 28 heavy (non-hydrogen) atoms. The number of nitrogens with one attached hydrogen (secondary N) is 2. The van der Waals surface area contributed by atoms with Crippen LogP contribution in [0.25, 0.3) is 0 Å². The first kappa shape index (κ1) is 19.9. The molecule has 2 aromatic rings. The van der Waals surface area contributed by atoms with E-state index in [0.29, 0.717) is 16.6 Å². The highest BCUT2D eigenvalue weighted by Gasteiger charge is 2.49. The standard InChI is InChI=1S/C18H20FN5O3S/c1-10(2)8-14-22-23-16(28-14)20-13(25)9-24-15(26)18(3,21-17(24)27)11-4-6-12(19)7-5-11/h4-7,10H,8-9H2,1-3H3,(H,21,27)(H,20,23,25). The van der Waals surface area contributed by atoms with Gasteiger partial charge in [-0.3, -0.25) is 19.8 Å². The number of carbonyl (C=O) groups excluding carboxylic acids is 3. The molecule has 0 bridgehead atoms. The first-order valence-electron chi connectivity index (χ1n) is 8.71. The maximum atomic E-state index is 13.2. The highest BCUT2D eigenvalue weighted by Crippen LogP contribution is 2.29. The average Bonchev–Trinajstić information content (AvgIpc) is 3.13. The van der Waals surface area contributed by atoms with Gasteiger partial charge in [0.15, 0.2) is 0 Å². The van der Waals surface area contributed by atoms with Crippen LogP contribution in [-0.4, -0.2) is 39.5 Å². The van der Waals surface area contributed by atoms with Crippen LogP contribution in [0.15, 0.2) is 24.3 Å². The summed E-state index contributed by atoms with van der Waals surface area (Å²) in [6.45, 7) is 5.16. The number of amides is 4. The Morgan fingerprint density at radius 3 is 2.61 bits per heavy atom. The monoisotopic (exact) mass is 405 g/mol. The Balaban J connectivity index is 1.67. The van der Waals surface area contributed by atoms with Crippen LogP contribution in [0, 0.1) is 11.7 Å². The molecule has 2 heterocycles. The number of halogens is 1. The van der Waals surface area contributed by atoms with E-state index in [1.54, 1.807) is 0 Å². The van der Waals surface area contributed by atoms with Crippen molar-refractivity contribution in [1.82, 2.24) is 20.4 Å². The minimum Gasteiger partial charge on any atom is -0.319 e. The summed E-state index contributed by atoms with van der Waals surface area (Å²) >= 11 is 1.25. The number of imide groups is 1. The van der Waals surface area contributed by atoms with Crippen molar-refractivity contribution >= 4 is 34.3 Å². The predicted octanol–water partition coefficient (Wildman–Crippen LogP) is 2.28. The molecule has 1 unspecified atom stereocenters. The van der Waals surface area contributed by atoms with Gasteiger partial charge in [-0.1, -0.05) is 37.3 Å². The zero-order valence-electron chi connectivity index (χ0n) is 15.7. The number of urea groups is 1. The summed E-state index contributed by atoms with van der Waals surface area (Å²) in [5, 5.41) is 14.1. The molecular formula is C18H20FN5O3S. The third-order valence-corrected chi connectivity index (χ3v) is 5.16. The van der Waals surface area contributed by atoms with Gasteiger partial charge in [-0.25, -0.2) is 9.18 Å². The zero-order chi connectivity index (χ0) is 20.5. The molecular weight excluding hydrogens is 385 g/mol. The molecule has 1 atom stereocenters. The molecule has 0 radical (unpaired) electrons. The molecule has 0 aliphatic carbocycles. The van der Waals surface area contributed by atoms with Crippen LogP contribution in [0.5, 0.6) is 0 Å². The Kier molecular flexibility index (Phi) is 5.41. The van der Waals surface area contributed by atoms with Gasteiger partial charge >= 0.3 is 6.03 Å². The summed E-state index contributed by atoms with van der Waals surface area (Å²) in [7, 11) is 0. The zero-order valence-corrected chi connectivity index (χ0v) is 16.5. The molecule has 8 nitrogen and oxygen atoms in total. The minimum absolute atomic E-state index is 0.314. The highest BCUT2D eigenvalue weighted by atomic mass is 32.1. The molecule has 4 amide bonds. The minimum atomic E-state index is -1.36. The van der Waals surface area contributed by atoms with E-state index in [0.717, 1.165) is 16.3 Å². The summed E-state index contributed by atoms with van der Waals surface area (Å²) < 4.78 is 13.2. The number of carbonyl (C=O) groups is 3. The van der Waals surface area contributed by atoms with Crippen molar-refractivity contribution in [1.29, 1.82) is 0 Å². The van der Waals surface area contributed by atoms with E-state index in [9.17, 15) is 18.8 Å². The number of rotatable bonds is 6. The van der Waals surface area contributed by atoms with E-state index < -0.39 is 35.7 Å². The van der Waals surface area contributed by atoms with Crippen molar-refractivity contribution in [3.05, 3.63) is 40.7 Å². The van der Waals surface area contributed by atoms with Gasteiger partial charge in [0.2, 0.25) is 11.0 Å². The van der Waals surface area contributed by atoms with Crippen molar-refractivity contribution in [3.63, 3.8) is 0 Å². The molecule has 1 aliphatic heterocycles. The molecule has 1 aliphatic rings. The lowest BCUT2D eigenvalue weighted by molar-refractivity contribution is -0.133. The lowest BCUT2D eigenvalue weighted by Crippen LogP contribution is -2.42. The lowest BCUT2D eigenvalue weighted by atomic mass is 9.92. The SMILES string of the molecule is CC(C)Cc1nnc(NC(=O)CN2C(=O)NC(C)(c3ccc(F)cc3)C2=O)s1. The van der Waals surface area contributed by atoms with Gasteiger partial charge in [-0.15, -0.1) is 10.2 Å². The van der Waals surface area contributed by atoms with Gasteiger partial charge in [-0.2, -0.15) is 0 Å². The van der Waals surface area contributed by atoms with Crippen molar-refractivity contribution in [2.45, 2.75) is 32.7 Å². The van der Waals surface area contributed by atoms with E-state index in [4.69, 9.17) is 0 Å². The molecule has 1 fully saturated rings. The fraction of sp³-hybridized carbons (Fsp3) is 0.389. The van der Waals surface area contributed by atoms with E-state index in [2.05, 4.69) is 34.7 Å². The Bertz CT molecular complexity index is 914. The van der Waals surface area contributed by atoms with Crippen LogP contribution in [0.1, 0.15) is 31.3 Å². The number of anilines is 1. The first-order chi connectivity index (χ1) is 13.2. The van der Waals surface area contributed by atoms with Crippen LogP contribution in [-0.2, 0) is 21.5 Å². The Hall–Kier alpha value is -2.88. The smallest absolute Gasteiger partial charge is 0.319 e. The maximum absolute atomic E-state index is 13.2. The molecule has 0 saturated carbocycles. The second-order valence-electron chi connectivity index (χ2n) is 7.10. The number of benzene rings is 1. The quantitative estimate of drug-likeness (QED) is 0.718. The number of nitrogens with zero attached hydrogens (tertiary/aromatic N) is 3. The van der Waals surface area contributed by atoms with Crippen molar-refractivity contribution in [2.24, 2.45) is 5.92 Å². The number of aromatic nitrogens is 2. The van der Waals surface area contributed by atoms with Crippen LogP contribution in [0.2, 0.25) is 0 Å². The lowest BCUT2D eigenvalue weighted by Gasteiger charge is -2.22. The number of hydrogen-bond acceptors (Lipinski definition) is 6. The van der Waals surface area contributed by atoms with Gasteiger partial charge in [0, 0.05) is 6.42 Å². The second kappa shape index (κ2) is 7.63. The van der Waals surface area contributed by atoms with E-state index in [1.165, 1.54) is 42.5 Å². The van der Waals surface area contributed by atoms with Gasteiger partial charge in [0.1, 0.15) is 22.9 Å². The third kappa shape index (κ3) is 4.01. The van der Waals surface area contributed by atoms with Gasteiger partial charge in [-0.05, 0) is 30.5 Å². The average molecular weight is 405 g/mol. The second-order valence-corrected chi connectivity index (χ2v) is 8.16. The van der Waals surface area contributed by atoms with E-state index in [-0.39, 0.29) is 0 Å². The predicted molar refractivity (Wildman–Crippen MR) is 101 cm³/mol. The largest absolute Gasteiger partial charge is 0.325 e. The van der Waals surface area contributed by atoms with Gasteiger partial charge in [0.25, 0.3) is 5.91 Å². The summed E-state index contributed by atoms with van der Waals surface area (Å²) in [4.78, 5) is 38.2. The summed E-state index contributed by atoms with van der Waals surface area (Å²) in [6, 6.07) is 4.58. The molecule has 0 spiro atoms. The normalized spacial score (nSPS) is 19.2. The maximum Gasteiger partial charge on any atom is 0.325 e. The van der Waals surface area contributed by atoms with Crippen LogP contribution in [0.3, 0.4) is 0 Å². The third-order valence-electron chi connectivity index (χ3n) is 4.29. The van der Waals surface area contributed by atoms with Crippen LogP contribution < -0.4 is 10.6 Å². The topological polar surface area (TPSA) is 104 Å². The molecule has 1 saturated heterocycles. The van der Waals surface area contributed by atoms with Gasteiger partial charge in [0.05, 0.1) is 0 Å². The van der Waals surface area contributed by atoms with Crippen molar-refractivity contribution < 1.29 is 18.8 Å². The first-order valence-corrected chi connectivity index (χ1v) is 9.53. The number of hydrogen-bond donors (Lipinski definition) is 2. The Morgan fingerprint density at radius 1 is 1.29 bits per heavy atom. The summed E-state index contributed by atoms with van der Waals surface area (Å²) in [5.74, 6) is -1.18. The summed E-state index contributed by atoms with van der Waals surface area (Å²) in [5.41, 5.74) is -0.935. The van der Waals surface area contributed by atoms with E-state index >= 15 is 0 Å². The molecule has 1 aromatic heterocycles. The molecule has 3 rings (SSSR count). The molecule has 148 valence electrons. The van der Waals surface area contributed by atoms with Crippen molar-refractivity contribution in [2.75, 3.05) is 11.9 Å². The van der Waals surface area contributed by atoms with E-state index in [1.807, 2.05) is 0 Å². The van der Waals surface area contributed by atoms with Crippen LogP contribution in [0.4, 0.5) is 14.3 Å². The highest BCUT2D eigenvalue weighted by molar-refractivity contribution is 7.15. The Morgan fingerprint density at radius 2 is 1.96 bits per heavy atom. The molecule has 10 heteroatoms. The summed E-state index contributed by atoms with van der Waals surface area (Å²) in [6.07, 6.45) is 0.747. The Labute approximate surface area is 165 Å². The molecule has 1 aromatic carbocycles. The van der Waals surface area contributed by atoms with Gasteiger partial charge < -0.3 is 5.32 Å². The fourth-order valence-electron chi connectivity index (χ4n) is 2.86. The molecule has 2 N–H and O–H groups in total. The fourth-order valence-corrected chi connectivity index (χ4v) is 3.83. The van der Waals surface area contributed by atoms with Crippen molar-refractivity contribution in [3.8, 4) is 0 Å². The van der Waals surface area contributed by atoms with Crippen LogP contribution >= 0.6 is 11.3 Å².